The molecular formula is C20H19F6NO3. The van der Waals surface area contributed by atoms with Gasteiger partial charge in [-0.3, -0.25) is 0 Å². The van der Waals surface area contributed by atoms with Gasteiger partial charge in [-0.05, 0) is 29.3 Å². The molecule has 2 aromatic carbocycles. The zero-order chi connectivity index (χ0) is 22.5. The maximum absolute atomic E-state index is 13.0. The highest BCUT2D eigenvalue weighted by molar-refractivity contribution is 5.67. The van der Waals surface area contributed by atoms with Crippen molar-refractivity contribution in [1.82, 2.24) is 5.32 Å². The van der Waals surface area contributed by atoms with Crippen LogP contribution in [0.1, 0.15) is 35.3 Å². The van der Waals surface area contributed by atoms with Crippen LogP contribution in [0.15, 0.2) is 48.5 Å². The van der Waals surface area contributed by atoms with Crippen LogP contribution < -0.4 is 5.32 Å². The van der Waals surface area contributed by atoms with Gasteiger partial charge in [0.1, 0.15) is 6.61 Å². The van der Waals surface area contributed by atoms with E-state index in [0.29, 0.717) is 12.1 Å². The van der Waals surface area contributed by atoms with E-state index >= 15 is 0 Å². The van der Waals surface area contributed by atoms with E-state index in [1.807, 2.05) is 0 Å². The average molecular weight is 435 g/mol. The Morgan fingerprint density at radius 2 is 1.53 bits per heavy atom. The number of hydrogen-bond acceptors (Lipinski definition) is 3. The molecule has 0 saturated heterocycles. The lowest BCUT2D eigenvalue weighted by Gasteiger charge is -2.22. The summed E-state index contributed by atoms with van der Waals surface area (Å²) in [5, 5.41) is 12.6. The number of rotatable bonds is 6. The first-order valence-electron chi connectivity index (χ1n) is 8.80. The molecule has 0 fully saturated rings. The lowest BCUT2D eigenvalue weighted by atomic mass is 9.94. The van der Waals surface area contributed by atoms with E-state index in [1.165, 1.54) is 6.92 Å². The number of ether oxygens (including phenoxy) is 1. The van der Waals surface area contributed by atoms with E-state index < -0.39 is 47.2 Å². The molecule has 0 spiro atoms. The second kappa shape index (κ2) is 9.38. The summed E-state index contributed by atoms with van der Waals surface area (Å²) in [5.41, 5.74) is -2.86. The molecule has 0 bridgehead atoms. The van der Waals surface area contributed by atoms with Crippen molar-refractivity contribution in [2.24, 2.45) is 5.92 Å². The van der Waals surface area contributed by atoms with E-state index in [0.717, 1.165) is 5.56 Å². The highest BCUT2D eigenvalue weighted by atomic mass is 19.4. The third-order valence-electron chi connectivity index (χ3n) is 4.27. The summed E-state index contributed by atoms with van der Waals surface area (Å²) in [6.07, 6.45) is -12.5. The Morgan fingerprint density at radius 1 is 1.00 bits per heavy atom. The SMILES string of the molecule is CC(CNC(=O)OCc1ccccc1)C(O)c1cc(C(F)(F)F)cc(C(F)(F)F)c1. The first-order chi connectivity index (χ1) is 13.9. The molecule has 4 nitrogen and oxygen atoms in total. The van der Waals surface area contributed by atoms with Gasteiger partial charge in [-0.1, -0.05) is 37.3 Å². The number of alkyl carbamates (subject to hydrolysis) is 1. The molecule has 0 heterocycles. The van der Waals surface area contributed by atoms with Crippen molar-refractivity contribution < 1.29 is 41.0 Å². The third kappa shape index (κ3) is 6.65. The van der Waals surface area contributed by atoms with Crippen LogP contribution in [0.25, 0.3) is 0 Å². The summed E-state index contributed by atoms with van der Waals surface area (Å²) < 4.78 is 82.7. The molecule has 2 unspecified atom stereocenters. The Bertz CT molecular complexity index is 820. The van der Waals surface area contributed by atoms with Gasteiger partial charge in [0.15, 0.2) is 0 Å². The smallest absolute Gasteiger partial charge is 0.416 e. The van der Waals surface area contributed by atoms with Gasteiger partial charge >= 0.3 is 18.4 Å². The van der Waals surface area contributed by atoms with Crippen LogP contribution in [-0.4, -0.2) is 17.7 Å². The van der Waals surface area contributed by atoms with Crippen LogP contribution >= 0.6 is 0 Å². The van der Waals surface area contributed by atoms with E-state index in [-0.39, 0.29) is 19.2 Å². The van der Waals surface area contributed by atoms with Gasteiger partial charge in [-0.25, -0.2) is 4.79 Å². The van der Waals surface area contributed by atoms with Gasteiger partial charge in [-0.15, -0.1) is 0 Å². The highest BCUT2D eigenvalue weighted by Crippen LogP contribution is 2.38. The first kappa shape index (κ1) is 23.5. The summed E-state index contributed by atoms with van der Waals surface area (Å²) >= 11 is 0. The minimum Gasteiger partial charge on any atom is -0.445 e. The van der Waals surface area contributed by atoms with Crippen LogP contribution in [-0.2, 0) is 23.7 Å². The van der Waals surface area contributed by atoms with Crippen LogP contribution in [0, 0.1) is 5.92 Å². The Kier molecular flexibility index (Phi) is 7.35. The molecular weight excluding hydrogens is 416 g/mol. The number of aliphatic hydroxyl groups excluding tert-OH is 1. The van der Waals surface area contributed by atoms with E-state index in [9.17, 15) is 36.2 Å². The Hall–Kier alpha value is -2.75. The minimum atomic E-state index is -5.02. The number of nitrogens with one attached hydrogen (secondary N) is 1. The largest absolute Gasteiger partial charge is 0.445 e. The van der Waals surface area contributed by atoms with Gasteiger partial charge in [0, 0.05) is 12.5 Å². The topological polar surface area (TPSA) is 58.6 Å². The first-order valence-corrected chi connectivity index (χ1v) is 8.80. The molecule has 2 aromatic rings. The number of carbonyl (C=O) groups is 1. The Balaban J connectivity index is 2.04. The summed E-state index contributed by atoms with van der Waals surface area (Å²) in [7, 11) is 0. The second-order valence-electron chi connectivity index (χ2n) is 6.70. The zero-order valence-corrected chi connectivity index (χ0v) is 15.7. The van der Waals surface area contributed by atoms with Crippen LogP contribution in [0.2, 0.25) is 0 Å². The maximum Gasteiger partial charge on any atom is 0.416 e. The lowest BCUT2D eigenvalue weighted by molar-refractivity contribution is -0.143. The number of carbonyl (C=O) groups excluding carboxylic acids is 1. The summed E-state index contributed by atoms with van der Waals surface area (Å²) in [4.78, 5) is 11.7. The third-order valence-corrected chi connectivity index (χ3v) is 4.27. The van der Waals surface area contributed by atoms with Crippen molar-refractivity contribution in [3.05, 3.63) is 70.8 Å². The number of aliphatic hydroxyl groups is 1. The molecule has 0 aliphatic heterocycles. The van der Waals surface area contributed by atoms with Crippen molar-refractivity contribution >= 4 is 6.09 Å². The van der Waals surface area contributed by atoms with Gasteiger partial charge < -0.3 is 15.2 Å². The molecule has 0 aromatic heterocycles. The van der Waals surface area contributed by atoms with Gasteiger partial charge in [-0.2, -0.15) is 26.3 Å². The van der Waals surface area contributed by atoms with E-state index in [2.05, 4.69) is 5.32 Å². The molecule has 30 heavy (non-hydrogen) atoms. The molecule has 0 saturated carbocycles. The molecule has 2 rings (SSSR count). The molecule has 164 valence electrons. The normalized spacial score (nSPS) is 14.1. The quantitative estimate of drug-likeness (QED) is 0.604. The summed E-state index contributed by atoms with van der Waals surface area (Å²) in [5.74, 6) is -0.890. The fourth-order valence-corrected chi connectivity index (χ4v) is 2.61. The highest BCUT2D eigenvalue weighted by Gasteiger charge is 2.37. The second-order valence-corrected chi connectivity index (χ2v) is 6.70. The fraction of sp³-hybridized carbons (Fsp3) is 0.350. The standard InChI is InChI=1S/C20H19F6NO3/c1-12(10-27-18(29)30-11-13-5-3-2-4-6-13)17(28)14-7-15(19(21,22)23)9-16(8-14)20(24,25)26/h2-9,12,17,28H,10-11H2,1H3,(H,27,29). The Labute approximate surface area is 168 Å². The number of halogens is 6. The van der Waals surface area contributed by atoms with Crippen LogP contribution in [0.3, 0.4) is 0 Å². The zero-order valence-electron chi connectivity index (χ0n) is 15.7. The van der Waals surface area contributed by atoms with Crippen molar-refractivity contribution in [1.29, 1.82) is 0 Å². The predicted molar refractivity (Wildman–Crippen MR) is 95.2 cm³/mol. The minimum absolute atomic E-state index is 0.0138. The molecule has 2 N–H and O–H groups in total. The van der Waals surface area contributed by atoms with Gasteiger partial charge in [0.05, 0.1) is 17.2 Å². The van der Waals surface area contributed by atoms with Crippen LogP contribution in [0.4, 0.5) is 31.1 Å². The molecule has 2 atom stereocenters. The summed E-state index contributed by atoms with van der Waals surface area (Å²) in [6, 6.07) is 9.65. The fourth-order valence-electron chi connectivity index (χ4n) is 2.61. The maximum atomic E-state index is 13.0. The molecule has 10 heteroatoms. The van der Waals surface area contributed by atoms with Crippen molar-refractivity contribution in [2.45, 2.75) is 32.0 Å². The van der Waals surface area contributed by atoms with E-state index in [1.54, 1.807) is 30.3 Å². The predicted octanol–water partition coefficient (Wildman–Crippen LogP) is 5.32. The van der Waals surface area contributed by atoms with Crippen molar-refractivity contribution in [2.75, 3.05) is 6.54 Å². The summed E-state index contributed by atoms with van der Waals surface area (Å²) in [6.45, 7) is 1.12. The molecule has 0 aliphatic carbocycles. The monoisotopic (exact) mass is 435 g/mol. The van der Waals surface area contributed by atoms with Crippen molar-refractivity contribution in [3.8, 4) is 0 Å². The molecule has 0 radical (unpaired) electrons. The Morgan fingerprint density at radius 3 is 2.03 bits per heavy atom. The number of alkyl halides is 6. The molecule has 1 amide bonds. The number of amides is 1. The average Bonchev–Trinajstić information content (AvgIpc) is 2.69. The van der Waals surface area contributed by atoms with E-state index in [4.69, 9.17) is 4.74 Å². The van der Waals surface area contributed by atoms with Crippen LogP contribution in [0.5, 0.6) is 0 Å². The van der Waals surface area contributed by atoms with Gasteiger partial charge in [0.2, 0.25) is 0 Å². The number of hydrogen-bond donors (Lipinski definition) is 2. The van der Waals surface area contributed by atoms with Gasteiger partial charge in [0.25, 0.3) is 0 Å². The lowest BCUT2D eigenvalue weighted by Crippen LogP contribution is -2.31. The molecule has 0 aliphatic rings. The number of benzene rings is 2. The van der Waals surface area contributed by atoms with Crippen molar-refractivity contribution in [3.63, 3.8) is 0 Å².